The van der Waals surface area contributed by atoms with Gasteiger partial charge in [0.1, 0.15) is 20.0 Å². The highest BCUT2D eigenvalue weighted by Crippen LogP contribution is 2.40. The van der Waals surface area contributed by atoms with E-state index in [9.17, 15) is 57.5 Å². The molecule has 4 atom stereocenters. The normalized spacial score (nSPS) is 21.9. The van der Waals surface area contributed by atoms with Gasteiger partial charge in [-0.15, -0.1) is 47.0 Å². The summed E-state index contributed by atoms with van der Waals surface area (Å²) in [5.74, 6) is -6.06. The van der Waals surface area contributed by atoms with Gasteiger partial charge in [-0.05, 0) is 97.1 Å². The lowest BCUT2D eigenvalue weighted by atomic mass is 10.3. The molecular weight excluding hydrogens is 1080 g/mol. The quantitative estimate of drug-likeness (QED) is 0.115. The standard InChI is InChI=1S/C51H38N6O12S6/c58-40-17-18-41(59)52(40)25-54-44(62)21-36(48(54)66)72-32-9-1-28(2-10-32)70-30-5-13-34(14-6-30)74-38-23-46(64)56(50(38)68)27-57-47(65)24-39(51(57)69)75-35-15-7-31(8-16-35)71-29-3-11-33(12-4-29)73-37-22-45(63)55(49(37)67)26-53-42(60)19-20-43(53)61/h1-20,36-39H,21-27H2. The number of benzene rings is 4. The molecule has 0 N–H and O–H groups in total. The fraction of sp³-hybridized carbons (Fsp3) is 0.216. The van der Waals surface area contributed by atoms with E-state index in [4.69, 9.17) is 0 Å². The van der Waals surface area contributed by atoms with Crippen molar-refractivity contribution in [3.8, 4) is 0 Å². The van der Waals surface area contributed by atoms with Crippen LogP contribution in [0.1, 0.15) is 25.7 Å². The second kappa shape index (κ2) is 21.9. The SMILES string of the molecule is O=C1C=CC(=O)N1CN1C(=O)CC(Sc2ccc(Sc3ccc(SC4CC(=O)N(CN5C(=O)CC(Sc6ccc(Sc7ccc(SC8CC(=O)N(CN9C(=O)C=CC9=O)C8=O)cc7)cc6)C5=O)C4=O)cc3)cc2)C1=O. The Labute approximate surface area is 452 Å². The number of imide groups is 6. The van der Waals surface area contributed by atoms with Crippen LogP contribution >= 0.6 is 70.6 Å². The first kappa shape index (κ1) is 51.8. The maximum absolute atomic E-state index is 13.5. The monoisotopic (exact) mass is 1120 g/mol. The van der Waals surface area contributed by atoms with Gasteiger partial charge in [0.2, 0.25) is 47.3 Å². The Morgan fingerprint density at radius 3 is 0.680 bits per heavy atom. The van der Waals surface area contributed by atoms with Crippen LogP contribution in [0.25, 0.3) is 0 Å². The molecular formula is C51H38N6O12S6. The molecule has 0 radical (unpaired) electrons. The van der Waals surface area contributed by atoms with Gasteiger partial charge >= 0.3 is 0 Å². The summed E-state index contributed by atoms with van der Waals surface area (Å²) >= 11 is 7.89. The number of carbonyl (C=O) groups excluding carboxylic acids is 12. The number of hydrogen-bond acceptors (Lipinski definition) is 18. The maximum atomic E-state index is 13.5. The lowest BCUT2D eigenvalue weighted by molar-refractivity contribution is -0.150. The number of thioether (sulfide) groups is 4. The molecule has 4 aromatic carbocycles. The Bertz CT molecular complexity index is 2940. The first-order valence-electron chi connectivity index (χ1n) is 22.9. The molecule has 0 aliphatic carbocycles. The van der Waals surface area contributed by atoms with Crippen molar-refractivity contribution in [3.63, 3.8) is 0 Å². The summed E-state index contributed by atoms with van der Waals surface area (Å²) in [6.07, 6.45) is 4.12. The number of rotatable bonds is 18. The molecule has 0 aromatic heterocycles. The molecule has 4 saturated heterocycles. The van der Waals surface area contributed by atoms with E-state index in [1.54, 1.807) is 0 Å². The smallest absolute Gasteiger partial charge is 0.255 e. The predicted molar refractivity (Wildman–Crippen MR) is 275 cm³/mol. The van der Waals surface area contributed by atoms with Gasteiger partial charge in [0.25, 0.3) is 23.6 Å². The first-order valence-corrected chi connectivity index (χ1v) is 28.1. The molecule has 6 aliphatic rings. The molecule has 24 heteroatoms. The number of amides is 12. The summed E-state index contributed by atoms with van der Waals surface area (Å²) in [5, 5.41) is -2.85. The van der Waals surface area contributed by atoms with Crippen LogP contribution in [0, 0.1) is 0 Å². The molecule has 18 nitrogen and oxygen atoms in total. The molecule has 6 aliphatic heterocycles. The number of hydrogen-bond donors (Lipinski definition) is 0. The molecule has 10 rings (SSSR count). The van der Waals surface area contributed by atoms with E-state index in [1.165, 1.54) is 70.6 Å². The Morgan fingerprint density at radius 1 is 0.280 bits per heavy atom. The third kappa shape index (κ3) is 11.3. The highest BCUT2D eigenvalue weighted by molar-refractivity contribution is 8.01. The van der Waals surface area contributed by atoms with Crippen molar-refractivity contribution < 1.29 is 57.5 Å². The zero-order valence-corrected chi connectivity index (χ0v) is 43.7. The van der Waals surface area contributed by atoms with E-state index in [0.717, 1.165) is 92.9 Å². The summed E-state index contributed by atoms with van der Waals surface area (Å²) in [5.41, 5.74) is 0. The van der Waals surface area contributed by atoms with Crippen molar-refractivity contribution >= 4 is 141 Å². The number of carbonyl (C=O) groups is 12. The van der Waals surface area contributed by atoms with E-state index in [2.05, 4.69) is 0 Å². The van der Waals surface area contributed by atoms with Crippen LogP contribution in [0.5, 0.6) is 0 Å². The largest absolute Gasteiger partial charge is 0.274 e. The average molecular weight is 1120 g/mol. The van der Waals surface area contributed by atoms with Crippen LogP contribution in [0.3, 0.4) is 0 Å². The summed E-state index contributed by atoms with van der Waals surface area (Å²) in [7, 11) is 0. The van der Waals surface area contributed by atoms with Gasteiger partial charge in [0.15, 0.2) is 0 Å². The van der Waals surface area contributed by atoms with Gasteiger partial charge in [-0.2, -0.15) is 0 Å². The van der Waals surface area contributed by atoms with Crippen molar-refractivity contribution in [1.82, 2.24) is 29.4 Å². The molecule has 4 unspecified atom stereocenters. The Hall–Kier alpha value is -6.70. The van der Waals surface area contributed by atoms with Crippen LogP contribution < -0.4 is 0 Å². The summed E-state index contributed by atoms with van der Waals surface area (Å²) < 4.78 is 0. The third-order valence-corrected chi connectivity index (χ3v) is 19.2. The van der Waals surface area contributed by atoms with Crippen molar-refractivity contribution in [3.05, 3.63) is 121 Å². The van der Waals surface area contributed by atoms with E-state index in [1.807, 2.05) is 97.1 Å². The first-order chi connectivity index (χ1) is 36.0. The third-order valence-electron chi connectivity index (χ3n) is 12.3. The molecule has 6 heterocycles. The fourth-order valence-corrected chi connectivity index (χ4v) is 14.3. The van der Waals surface area contributed by atoms with Gasteiger partial charge < -0.3 is 0 Å². The van der Waals surface area contributed by atoms with Gasteiger partial charge in [0, 0.05) is 89.2 Å². The van der Waals surface area contributed by atoms with Crippen LogP contribution in [0.2, 0.25) is 0 Å². The van der Waals surface area contributed by atoms with E-state index < -0.39 is 112 Å². The summed E-state index contributed by atoms with van der Waals surface area (Å²) in [6, 6.07) is 29.8. The van der Waals surface area contributed by atoms with Crippen LogP contribution in [0.15, 0.2) is 161 Å². The second-order valence-electron chi connectivity index (χ2n) is 17.3. The van der Waals surface area contributed by atoms with Gasteiger partial charge in [-0.3, -0.25) is 86.9 Å². The molecule has 0 spiro atoms. The molecule has 0 bridgehead atoms. The van der Waals surface area contributed by atoms with Crippen LogP contribution in [-0.2, 0) is 57.5 Å². The Kier molecular flexibility index (Phi) is 15.1. The lowest BCUT2D eigenvalue weighted by Gasteiger charge is -2.21. The van der Waals surface area contributed by atoms with Gasteiger partial charge in [-0.1, -0.05) is 23.5 Å². The topological polar surface area (TPSA) is 224 Å². The summed E-state index contributed by atoms with van der Waals surface area (Å²) in [6.45, 7) is -1.27. The van der Waals surface area contributed by atoms with Gasteiger partial charge in [-0.25, -0.2) is 0 Å². The fourth-order valence-electron chi connectivity index (χ4n) is 8.41. The average Bonchev–Trinajstić information content (AvgIpc) is 4.19. The van der Waals surface area contributed by atoms with E-state index >= 15 is 0 Å². The zero-order valence-electron chi connectivity index (χ0n) is 38.8. The number of likely N-dealkylation sites (tertiary alicyclic amines) is 4. The van der Waals surface area contributed by atoms with Crippen molar-refractivity contribution in [2.45, 2.75) is 85.8 Å². The highest BCUT2D eigenvalue weighted by Gasteiger charge is 2.46. The highest BCUT2D eigenvalue weighted by atomic mass is 32.2. The van der Waals surface area contributed by atoms with Crippen molar-refractivity contribution in [2.24, 2.45) is 0 Å². The van der Waals surface area contributed by atoms with Crippen molar-refractivity contribution in [2.75, 3.05) is 20.0 Å². The molecule has 4 fully saturated rings. The lowest BCUT2D eigenvalue weighted by Crippen LogP contribution is -2.44. The Morgan fingerprint density at radius 2 is 0.467 bits per heavy atom. The minimum Gasteiger partial charge on any atom is -0.274 e. The summed E-state index contributed by atoms with van der Waals surface area (Å²) in [4.78, 5) is 164. The molecule has 12 amide bonds. The van der Waals surface area contributed by atoms with E-state index in [0.29, 0.717) is 0 Å². The molecule has 380 valence electrons. The predicted octanol–water partition coefficient (Wildman–Crippen LogP) is 5.29. The minimum absolute atomic E-state index is 0.0504. The van der Waals surface area contributed by atoms with Crippen LogP contribution in [-0.4, -0.2) is 141 Å². The second-order valence-corrected chi connectivity index (χ2v) is 24.7. The van der Waals surface area contributed by atoms with Gasteiger partial charge in [0.05, 0.1) is 21.0 Å². The molecule has 0 saturated carbocycles. The zero-order chi connectivity index (χ0) is 52.7. The molecule has 75 heavy (non-hydrogen) atoms. The number of nitrogens with zero attached hydrogens (tertiary/aromatic N) is 6. The maximum Gasteiger partial charge on any atom is 0.255 e. The van der Waals surface area contributed by atoms with Crippen LogP contribution in [0.4, 0.5) is 0 Å². The minimum atomic E-state index is -0.739. The molecule has 4 aromatic rings. The Balaban J connectivity index is 0.658. The van der Waals surface area contributed by atoms with Crippen molar-refractivity contribution in [1.29, 1.82) is 0 Å². The van der Waals surface area contributed by atoms with E-state index in [-0.39, 0.29) is 25.7 Å².